The smallest absolute Gasteiger partial charge is 0.193 e. The van der Waals surface area contributed by atoms with Crippen LogP contribution in [0.15, 0.2) is 29.3 Å². The second-order valence-electron chi connectivity index (χ2n) is 5.84. The summed E-state index contributed by atoms with van der Waals surface area (Å²) >= 11 is 0. The molecule has 0 amide bonds. The molecule has 0 spiro atoms. The average molecular weight is 417 g/mol. The van der Waals surface area contributed by atoms with E-state index in [-0.39, 0.29) is 24.0 Å². The molecule has 0 heterocycles. The molecule has 1 atom stereocenters. The van der Waals surface area contributed by atoms with Gasteiger partial charge in [-0.3, -0.25) is 4.99 Å². The second kappa shape index (κ2) is 10.0. The number of nitrogens with one attached hydrogen (secondary N) is 1. The van der Waals surface area contributed by atoms with Crippen LogP contribution in [0.25, 0.3) is 0 Å². The van der Waals surface area contributed by atoms with Crippen molar-refractivity contribution in [1.29, 1.82) is 0 Å². The zero-order valence-electron chi connectivity index (χ0n) is 13.5. The number of halogens is 1. The van der Waals surface area contributed by atoms with Crippen LogP contribution in [0.1, 0.15) is 44.6 Å². The fraction of sp³-hybridized carbons (Fsp3) is 0.588. The number of anilines is 1. The van der Waals surface area contributed by atoms with Crippen molar-refractivity contribution < 1.29 is 4.74 Å². The van der Waals surface area contributed by atoms with E-state index in [1.54, 1.807) is 0 Å². The molecule has 0 aliphatic heterocycles. The number of hydrogen-bond acceptors (Lipinski definition) is 2. The first-order chi connectivity index (χ1) is 10.2. The molecular formula is C17H28IN3O. The summed E-state index contributed by atoms with van der Waals surface area (Å²) in [5, 5.41) is 3.11. The van der Waals surface area contributed by atoms with Gasteiger partial charge < -0.3 is 15.8 Å². The lowest BCUT2D eigenvalue weighted by atomic mass is 9.99. The normalized spacial score (nSPS) is 16.0. The van der Waals surface area contributed by atoms with Crippen molar-refractivity contribution in [2.24, 2.45) is 16.6 Å². The summed E-state index contributed by atoms with van der Waals surface area (Å²) in [6, 6.07) is 8.38. The quantitative estimate of drug-likeness (QED) is 0.291. The van der Waals surface area contributed by atoms with E-state index in [4.69, 9.17) is 10.5 Å². The van der Waals surface area contributed by atoms with Gasteiger partial charge >= 0.3 is 0 Å². The van der Waals surface area contributed by atoms with Gasteiger partial charge in [0.2, 0.25) is 0 Å². The third-order valence-electron chi connectivity index (χ3n) is 3.93. The molecule has 1 aromatic carbocycles. The van der Waals surface area contributed by atoms with Crippen LogP contribution in [-0.4, -0.2) is 25.7 Å². The van der Waals surface area contributed by atoms with Crippen LogP contribution in [0.5, 0.6) is 0 Å². The molecule has 5 heteroatoms. The van der Waals surface area contributed by atoms with Gasteiger partial charge in [0.05, 0.1) is 13.2 Å². The van der Waals surface area contributed by atoms with Crippen LogP contribution in [0.2, 0.25) is 0 Å². The average Bonchev–Trinajstić information content (AvgIpc) is 3.31. The van der Waals surface area contributed by atoms with Crippen molar-refractivity contribution in [3.8, 4) is 0 Å². The maximum atomic E-state index is 5.87. The largest absolute Gasteiger partial charge is 0.379 e. The summed E-state index contributed by atoms with van der Waals surface area (Å²) in [5.41, 5.74) is 8.20. The summed E-state index contributed by atoms with van der Waals surface area (Å²) in [7, 11) is 0. The molecule has 0 radical (unpaired) electrons. The van der Waals surface area contributed by atoms with E-state index in [1.165, 1.54) is 18.4 Å². The first kappa shape index (κ1) is 19.2. The lowest BCUT2D eigenvalue weighted by Gasteiger charge is -2.10. The summed E-state index contributed by atoms with van der Waals surface area (Å²) in [6.45, 7) is 6.56. The first-order valence-electron chi connectivity index (χ1n) is 7.93. The van der Waals surface area contributed by atoms with E-state index < -0.39 is 0 Å². The van der Waals surface area contributed by atoms with Gasteiger partial charge in [-0.1, -0.05) is 26.0 Å². The number of rotatable bonds is 8. The van der Waals surface area contributed by atoms with Gasteiger partial charge in [-0.25, -0.2) is 0 Å². The Morgan fingerprint density at radius 1 is 1.36 bits per heavy atom. The van der Waals surface area contributed by atoms with Gasteiger partial charge in [-0.15, -0.1) is 24.0 Å². The number of benzene rings is 1. The van der Waals surface area contributed by atoms with E-state index in [9.17, 15) is 0 Å². The van der Waals surface area contributed by atoms with Gasteiger partial charge in [0.15, 0.2) is 5.96 Å². The zero-order valence-corrected chi connectivity index (χ0v) is 15.9. The van der Waals surface area contributed by atoms with Crippen LogP contribution >= 0.6 is 24.0 Å². The predicted molar refractivity (Wildman–Crippen MR) is 104 cm³/mol. The van der Waals surface area contributed by atoms with Gasteiger partial charge in [-0.2, -0.15) is 0 Å². The lowest BCUT2D eigenvalue weighted by Crippen LogP contribution is -2.23. The van der Waals surface area contributed by atoms with Gasteiger partial charge in [0, 0.05) is 12.3 Å². The van der Waals surface area contributed by atoms with E-state index in [0.717, 1.165) is 24.6 Å². The third kappa shape index (κ3) is 6.96. The van der Waals surface area contributed by atoms with E-state index in [2.05, 4.69) is 36.3 Å². The molecule has 0 bridgehead atoms. The Kier molecular flexibility index (Phi) is 8.78. The third-order valence-corrected chi connectivity index (χ3v) is 3.93. The van der Waals surface area contributed by atoms with Crippen LogP contribution in [-0.2, 0) is 4.74 Å². The summed E-state index contributed by atoms with van der Waals surface area (Å²) in [6.07, 6.45) is 3.79. The Hall–Kier alpha value is -0.820. The maximum Gasteiger partial charge on any atom is 0.193 e. The molecule has 1 unspecified atom stereocenters. The van der Waals surface area contributed by atoms with E-state index >= 15 is 0 Å². The molecule has 4 nitrogen and oxygen atoms in total. The van der Waals surface area contributed by atoms with Crippen molar-refractivity contribution in [3.05, 3.63) is 29.8 Å². The Bertz CT molecular complexity index is 457. The first-order valence-corrected chi connectivity index (χ1v) is 7.93. The van der Waals surface area contributed by atoms with Gasteiger partial charge in [0.25, 0.3) is 0 Å². The molecular weight excluding hydrogens is 389 g/mol. The Morgan fingerprint density at radius 3 is 2.64 bits per heavy atom. The van der Waals surface area contributed by atoms with Crippen molar-refractivity contribution in [2.45, 2.75) is 39.0 Å². The molecule has 1 saturated carbocycles. The van der Waals surface area contributed by atoms with Crippen molar-refractivity contribution in [3.63, 3.8) is 0 Å². The predicted octanol–water partition coefficient (Wildman–Crippen LogP) is 3.97. The van der Waals surface area contributed by atoms with Crippen LogP contribution < -0.4 is 11.1 Å². The fourth-order valence-electron chi connectivity index (χ4n) is 2.08. The van der Waals surface area contributed by atoms with Crippen molar-refractivity contribution in [2.75, 3.05) is 25.1 Å². The molecule has 22 heavy (non-hydrogen) atoms. The Balaban J connectivity index is 0.00000242. The van der Waals surface area contributed by atoms with E-state index in [1.807, 2.05) is 12.1 Å². The maximum absolute atomic E-state index is 5.87. The number of ether oxygens (including phenoxy) is 1. The zero-order chi connectivity index (χ0) is 15.1. The lowest BCUT2D eigenvalue weighted by molar-refractivity contribution is 0.132. The standard InChI is InChI=1S/C17H27N3O.HI/c1-3-13(2)15-6-8-16(9-7-15)20-17(18)19-10-11-21-12-14-4-5-14;/h6-9,13-14H,3-5,10-12H2,1-2H3,(H3,18,19,20);1H. The van der Waals surface area contributed by atoms with Crippen molar-refractivity contribution >= 4 is 35.6 Å². The monoisotopic (exact) mass is 417 g/mol. The fourth-order valence-corrected chi connectivity index (χ4v) is 2.08. The molecule has 1 fully saturated rings. The highest BCUT2D eigenvalue weighted by Crippen LogP contribution is 2.28. The van der Waals surface area contributed by atoms with Crippen LogP contribution in [0.3, 0.4) is 0 Å². The molecule has 2 rings (SSSR count). The number of nitrogens with two attached hydrogens (primary N) is 1. The topological polar surface area (TPSA) is 59.6 Å². The number of aliphatic imine (C=N–C) groups is 1. The number of nitrogens with zero attached hydrogens (tertiary/aromatic N) is 1. The minimum Gasteiger partial charge on any atom is -0.379 e. The molecule has 1 aliphatic rings. The molecule has 0 aromatic heterocycles. The molecule has 1 aromatic rings. The molecule has 3 N–H and O–H groups in total. The molecule has 1 aliphatic carbocycles. The summed E-state index contributed by atoms with van der Waals surface area (Å²) in [5.74, 6) is 1.84. The minimum atomic E-state index is 0. The molecule has 0 saturated heterocycles. The Morgan fingerprint density at radius 2 is 2.05 bits per heavy atom. The summed E-state index contributed by atoms with van der Waals surface area (Å²) < 4.78 is 5.52. The second-order valence-corrected chi connectivity index (χ2v) is 5.84. The minimum absolute atomic E-state index is 0. The van der Waals surface area contributed by atoms with Gasteiger partial charge in [0.1, 0.15) is 0 Å². The summed E-state index contributed by atoms with van der Waals surface area (Å²) in [4.78, 5) is 4.27. The van der Waals surface area contributed by atoms with E-state index in [0.29, 0.717) is 25.0 Å². The highest BCUT2D eigenvalue weighted by molar-refractivity contribution is 14.0. The highest BCUT2D eigenvalue weighted by atomic mass is 127. The van der Waals surface area contributed by atoms with Crippen molar-refractivity contribution in [1.82, 2.24) is 0 Å². The van der Waals surface area contributed by atoms with Crippen LogP contribution in [0, 0.1) is 5.92 Å². The number of hydrogen-bond donors (Lipinski definition) is 2. The Labute approximate surface area is 150 Å². The SMILES string of the molecule is CCC(C)c1ccc(NC(N)=NCCOCC2CC2)cc1.I. The highest BCUT2D eigenvalue weighted by Gasteiger charge is 2.20. The van der Waals surface area contributed by atoms with Gasteiger partial charge in [-0.05, 0) is 48.8 Å². The molecule has 124 valence electrons. The number of guanidine groups is 1. The van der Waals surface area contributed by atoms with Crippen LogP contribution in [0.4, 0.5) is 5.69 Å².